The summed E-state index contributed by atoms with van der Waals surface area (Å²) in [6.45, 7) is 3.05. The van der Waals surface area contributed by atoms with Crippen molar-refractivity contribution in [1.82, 2.24) is 10.2 Å². The van der Waals surface area contributed by atoms with Crippen LogP contribution >= 0.6 is 0 Å². The number of rotatable bonds is 6. The van der Waals surface area contributed by atoms with Crippen LogP contribution in [0.3, 0.4) is 0 Å². The van der Waals surface area contributed by atoms with Crippen molar-refractivity contribution in [3.05, 3.63) is 17.7 Å². The Balaban J connectivity index is 1.61. The van der Waals surface area contributed by atoms with Crippen LogP contribution in [-0.4, -0.2) is 58.9 Å². The number of nitrogens with zero attached hydrogens (tertiary/aromatic N) is 2. The third-order valence-corrected chi connectivity index (χ3v) is 5.96. The first kappa shape index (κ1) is 19.6. The molecule has 0 spiro atoms. The van der Waals surface area contributed by atoms with Gasteiger partial charge in [-0.25, -0.2) is 0 Å². The number of likely N-dealkylation sites (tertiary alicyclic amines) is 1. The molecular weight excluding hydrogens is 342 g/mol. The zero-order chi connectivity index (χ0) is 19.2. The molecule has 1 heterocycles. The van der Waals surface area contributed by atoms with Crippen molar-refractivity contribution in [2.24, 2.45) is 16.8 Å². The summed E-state index contributed by atoms with van der Waals surface area (Å²) in [4.78, 5) is 6.95. The lowest BCUT2D eigenvalue weighted by molar-refractivity contribution is 0.299. The van der Waals surface area contributed by atoms with E-state index in [1.807, 2.05) is 19.2 Å². The molecule has 0 bridgehead atoms. The van der Waals surface area contributed by atoms with Gasteiger partial charge in [0.2, 0.25) is 0 Å². The van der Waals surface area contributed by atoms with E-state index in [0.29, 0.717) is 0 Å². The smallest absolute Gasteiger partial charge is 0.193 e. The van der Waals surface area contributed by atoms with E-state index >= 15 is 0 Å². The predicted octanol–water partition coefficient (Wildman–Crippen LogP) is 2.95. The maximum absolute atomic E-state index is 5.55. The number of fused-ring (bicyclic) bond motifs is 1. The van der Waals surface area contributed by atoms with E-state index in [9.17, 15) is 0 Å². The van der Waals surface area contributed by atoms with Gasteiger partial charge in [0.25, 0.3) is 0 Å². The second kappa shape index (κ2) is 9.20. The minimum atomic E-state index is 0.732. The largest absolute Gasteiger partial charge is 0.496 e. The fourth-order valence-electron chi connectivity index (χ4n) is 4.53. The van der Waals surface area contributed by atoms with Gasteiger partial charge in [0.05, 0.1) is 21.3 Å². The zero-order valence-corrected chi connectivity index (χ0v) is 17.1. The highest BCUT2D eigenvalue weighted by molar-refractivity contribution is 5.80. The molecule has 6 heteroatoms. The molecule has 1 aromatic carbocycles. The third kappa shape index (κ3) is 4.42. The SMILES string of the molecule is CN=C(NCCc1c(OC)cc(OC)cc1OC)N1CC2CCCCC2C1. The molecule has 1 aliphatic carbocycles. The van der Waals surface area contributed by atoms with Crippen LogP contribution in [0, 0.1) is 11.8 Å². The molecule has 1 N–H and O–H groups in total. The van der Waals surface area contributed by atoms with E-state index in [1.165, 1.54) is 25.7 Å². The highest BCUT2D eigenvalue weighted by Gasteiger charge is 2.35. The maximum atomic E-state index is 5.55. The second-order valence-corrected chi connectivity index (χ2v) is 7.44. The summed E-state index contributed by atoms with van der Waals surface area (Å²) in [5.74, 6) is 5.01. The van der Waals surface area contributed by atoms with Crippen LogP contribution in [0.25, 0.3) is 0 Å². The first-order valence-corrected chi connectivity index (χ1v) is 9.94. The van der Waals surface area contributed by atoms with Crippen LogP contribution in [-0.2, 0) is 6.42 Å². The Kier molecular flexibility index (Phi) is 6.69. The molecule has 0 amide bonds. The average Bonchev–Trinajstić information content (AvgIpc) is 3.14. The monoisotopic (exact) mass is 375 g/mol. The van der Waals surface area contributed by atoms with Gasteiger partial charge in [-0.05, 0) is 31.1 Å². The summed E-state index contributed by atoms with van der Waals surface area (Å²) in [7, 11) is 6.87. The molecule has 1 aromatic rings. The number of hydrogen-bond acceptors (Lipinski definition) is 4. The molecule has 1 saturated carbocycles. The predicted molar refractivity (Wildman–Crippen MR) is 108 cm³/mol. The van der Waals surface area contributed by atoms with Crippen LogP contribution in [0.5, 0.6) is 17.2 Å². The molecule has 2 unspecified atom stereocenters. The van der Waals surface area contributed by atoms with Crippen LogP contribution in [0.15, 0.2) is 17.1 Å². The molecule has 2 fully saturated rings. The second-order valence-electron chi connectivity index (χ2n) is 7.44. The molecule has 1 aliphatic heterocycles. The lowest BCUT2D eigenvalue weighted by Crippen LogP contribution is -2.41. The van der Waals surface area contributed by atoms with Gasteiger partial charge >= 0.3 is 0 Å². The summed E-state index contributed by atoms with van der Waals surface area (Å²) in [6.07, 6.45) is 6.31. The van der Waals surface area contributed by atoms with Gasteiger partial charge in [-0.15, -0.1) is 0 Å². The zero-order valence-electron chi connectivity index (χ0n) is 17.1. The number of hydrogen-bond donors (Lipinski definition) is 1. The van der Waals surface area contributed by atoms with Crippen molar-refractivity contribution in [2.45, 2.75) is 32.1 Å². The minimum Gasteiger partial charge on any atom is -0.496 e. The maximum Gasteiger partial charge on any atom is 0.193 e. The fraction of sp³-hybridized carbons (Fsp3) is 0.667. The topological polar surface area (TPSA) is 55.3 Å². The summed E-state index contributed by atoms with van der Waals surface area (Å²) in [6, 6.07) is 3.80. The van der Waals surface area contributed by atoms with E-state index in [-0.39, 0.29) is 0 Å². The number of guanidine groups is 1. The molecular formula is C21H33N3O3. The van der Waals surface area contributed by atoms with Gasteiger partial charge in [-0.1, -0.05) is 12.8 Å². The summed E-state index contributed by atoms with van der Waals surface area (Å²) >= 11 is 0. The molecule has 0 aromatic heterocycles. The van der Waals surface area contributed by atoms with E-state index in [0.717, 1.165) is 66.7 Å². The highest BCUT2D eigenvalue weighted by Crippen LogP contribution is 2.36. The van der Waals surface area contributed by atoms with E-state index in [2.05, 4.69) is 15.2 Å². The molecule has 150 valence electrons. The minimum absolute atomic E-state index is 0.732. The fourth-order valence-corrected chi connectivity index (χ4v) is 4.53. The van der Waals surface area contributed by atoms with Crippen molar-refractivity contribution in [3.63, 3.8) is 0 Å². The van der Waals surface area contributed by atoms with Gasteiger partial charge in [0, 0.05) is 44.4 Å². The Bertz CT molecular complexity index is 623. The number of methoxy groups -OCH3 is 3. The quantitative estimate of drug-likeness (QED) is 0.612. The average molecular weight is 376 g/mol. The summed E-state index contributed by atoms with van der Waals surface area (Å²) in [5, 5.41) is 3.53. The highest BCUT2D eigenvalue weighted by atomic mass is 16.5. The molecule has 6 nitrogen and oxygen atoms in total. The van der Waals surface area contributed by atoms with E-state index < -0.39 is 0 Å². The van der Waals surface area contributed by atoms with E-state index in [1.54, 1.807) is 21.3 Å². The Morgan fingerprint density at radius 1 is 1.04 bits per heavy atom. The number of ether oxygens (including phenoxy) is 3. The standard InChI is InChI=1S/C21H33N3O3/c1-22-21(24-13-15-7-5-6-8-16(15)14-24)23-10-9-18-19(26-3)11-17(25-2)12-20(18)27-4/h11-12,15-16H,5-10,13-14H2,1-4H3,(H,22,23). The van der Waals surface area contributed by atoms with Crippen molar-refractivity contribution >= 4 is 5.96 Å². The number of nitrogens with one attached hydrogen (secondary N) is 1. The number of benzene rings is 1. The lowest BCUT2D eigenvalue weighted by Gasteiger charge is -2.22. The van der Waals surface area contributed by atoms with Gasteiger partial charge in [0.1, 0.15) is 17.2 Å². The van der Waals surface area contributed by atoms with Crippen LogP contribution in [0.4, 0.5) is 0 Å². The Morgan fingerprint density at radius 2 is 1.63 bits per heavy atom. The van der Waals surface area contributed by atoms with Crippen LogP contribution in [0.1, 0.15) is 31.2 Å². The first-order valence-electron chi connectivity index (χ1n) is 9.94. The molecule has 2 atom stereocenters. The van der Waals surface area contributed by atoms with Crippen LogP contribution in [0.2, 0.25) is 0 Å². The Hall–Kier alpha value is -2.11. The molecule has 2 aliphatic rings. The van der Waals surface area contributed by atoms with Crippen molar-refractivity contribution in [2.75, 3.05) is 48.0 Å². The van der Waals surface area contributed by atoms with Gasteiger partial charge in [-0.3, -0.25) is 4.99 Å². The van der Waals surface area contributed by atoms with Crippen LogP contribution < -0.4 is 19.5 Å². The van der Waals surface area contributed by atoms with Gasteiger partial charge in [-0.2, -0.15) is 0 Å². The number of aliphatic imine (C=N–C) groups is 1. The summed E-state index contributed by atoms with van der Waals surface area (Å²) < 4.78 is 16.4. The van der Waals surface area contributed by atoms with Gasteiger partial charge in [0.15, 0.2) is 5.96 Å². The molecule has 27 heavy (non-hydrogen) atoms. The molecule has 0 radical (unpaired) electrons. The Labute approximate surface area is 162 Å². The molecule has 3 rings (SSSR count). The van der Waals surface area contributed by atoms with Gasteiger partial charge < -0.3 is 24.4 Å². The van der Waals surface area contributed by atoms with Crippen molar-refractivity contribution < 1.29 is 14.2 Å². The van der Waals surface area contributed by atoms with E-state index in [4.69, 9.17) is 14.2 Å². The first-order chi connectivity index (χ1) is 13.2. The normalized spacial score (nSPS) is 22.4. The van der Waals surface area contributed by atoms with Crippen molar-refractivity contribution in [1.29, 1.82) is 0 Å². The lowest BCUT2D eigenvalue weighted by atomic mass is 9.82. The Morgan fingerprint density at radius 3 is 2.11 bits per heavy atom. The third-order valence-electron chi connectivity index (χ3n) is 5.96. The summed E-state index contributed by atoms with van der Waals surface area (Å²) in [5.41, 5.74) is 1.04. The van der Waals surface area contributed by atoms with Crippen molar-refractivity contribution in [3.8, 4) is 17.2 Å². The molecule has 1 saturated heterocycles.